The van der Waals surface area contributed by atoms with Crippen LogP contribution in [0.1, 0.15) is 48.8 Å². The molecule has 0 spiro atoms. The summed E-state index contributed by atoms with van der Waals surface area (Å²) in [4.78, 5) is 14.6. The predicted molar refractivity (Wildman–Crippen MR) is 68.4 cm³/mol. The molecule has 3 rings (SSSR count). The molecule has 1 aromatic carbocycles. The first-order chi connectivity index (χ1) is 8.77. The summed E-state index contributed by atoms with van der Waals surface area (Å²) in [5, 5.41) is 10.5. The SMILES string of the molecule is O=C=NC1(c2ccc3c(c2O)CCCC3)CCC1. The van der Waals surface area contributed by atoms with Crippen molar-refractivity contribution in [2.45, 2.75) is 50.5 Å². The van der Waals surface area contributed by atoms with E-state index < -0.39 is 5.54 Å². The van der Waals surface area contributed by atoms with Crippen LogP contribution in [0.25, 0.3) is 0 Å². The maximum atomic E-state index is 10.6. The minimum Gasteiger partial charge on any atom is -0.507 e. The summed E-state index contributed by atoms with van der Waals surface area (Å²) in [6.45, 7) is 0. The molecule has 0 bridgehead atoms. The maximum absolute atomic E-state index is 10.6. The second-order valence-electron chi connectivity index (χ2n) is 5.39. The van der Waals surface area contributed by atoms with Crippen LogP contribution < -0.4 is 0 Å². The number of aliphatic imine (C=N–C) groups is 1. The van der Waals surface area contributed by atoms with Crippen molar-refractivity contribution in [1.29, 1.82) is 0 Å². The Morgan fingerprint density at radius 2 is 1.94 bits per heavy atom. The molecular formula is C15H17NO2. The highest BCUT2D eigenvalue weighted by Crippen LogP contribution is 2.49. The lowest BCUT2D eigenvalue weighted by molar-refractivity contribution is 0.247. The maximum Gasteiger partial charge on any atom is 0.235 e. The minimum absolute atomic E-state index is 0.380. The summed E-state index contributed by atoms with van der Waals surface area (Å²) in [5.74, 6) is 0.380. The molecule has 1 saturated carbocycles. The van der Waals surface area contributed by atoms with Gasteiger partial charge in [0.15, 0.2) is 0 Å². The van der Waals surface area contributed by atoms with Crippen LogP contribution in [0.3, 0.4) is 0 Å². The van der Waals surface area contributed by atoms with Crippen molar-refractivity contribution in [2.75, 3.05) is 0 Å². The predicted octanol–water partition coefficient (Wildman–Crippen LogP) is 2.99. The van der Waals surface area contributed by atoms with E-state index in [0.29, 0.717) is 5.75 Å². The second-order valence-corrected chi connectivity index (χ2v) is 5.39. The number of phenolic OH excluding ortho intramolecular Hbond substituents is 1. The summed E-state index contributed by atoms with van der Waals surface area (Å²) in [6.07, 6.45) is 8.74. The van der Waals surface area contributed by atoms with Gasteiger partial charge in [0.25, 0.3) is 0 Å². The minimum atomic E-state index is -0.488. The number of phenols is 1. The quantitative estimate of drug-likeness (QED) is 0.641. The van der Waals surface area contributed by atoms with Crippen molar-refractivity contribution in [3.63, 3.8) is 0 Å². The molecular weight excluding hydrogens is 226 g/mol. The van der Waals surface area contributed by atoms with Gasteiger partial charge in [-0.1, -0.05) is 12.1 Å². The smallest absolute Gasteiger partial charge is 0.235 e. The zero-order chi connectivity index (χ0) is 12.6. The Balaban J connectivity index is 2.10. The number of rotatable bonds is 2. The molecule has 0 radical (unpaired) electrons. The van der Waals surface area contributed by atoms with E-state index in [9.17, 15) is 9.90 Å². The zero-order valence-electron chi connectivity index (χ0n) is 10.4. The number of fused-ring (bicyclic) bond motifs is 1. The van der Waals surface area contributed by atoms with E-state index in [4.69, 9.17) is 0 Å². The molecule has 0 unspecified atom stereocenters. The van der Waals surface area contributed by atoms with E-state index in [1.54, 1.807) is 6.08 Å². The number of aromatic hydroxyl groups is 1. The first-order valence-corrected chi connectivity index (χ1v) is 6.70. The zero-order valence-corrected chi connectivity index (χ0v) is 10.4. The Hall–Kier alpha value is -1.60. The third-order valence-corrected chi connectivity index (χ3v) is 4.44. The molecule has 0 aromatic heterocycles. The molecule has 2 aliphatic rings. The molecule has 1 N–H and O–H groups in total. The number of isocyanates is 1. The van der Waals surface area contributed by atoms with Gasteiger partial charge in [-0.25, -0.2) is 4.79 Å². The average molecular weight is 243 g/mol. The molecule has 94 valence electrons. The van der Waals surface area contributed by atoms with Gasteiger partial charge in [-0.2, -0.15) is 4.99 Å². The second kappa shape index (κ2) is 4.25. The van der Waals surface area contributed by atoms with Gasteiger partial charge in [-0.15, -0.1) is 0 Å². The molecule has 0 atom stereocenters. The van der Waals surface area contributed by atoms with Gasteiger partial charge in [0.2, 0.25) is 6.08 Å². The lowest BCUT2D eigenvalue weighted by atomic mass is 9.71. The highest BCUT2D eigenvalue weighted by Gasteiger charge is 2.41. The van der Waals surface area contributed by atoms with Gasteiger partial charge in [-0.3, -0.25) is 0 Å². The van der Waals surface area contributed by atoms with Crippen molar-refractivity contribution in [2.24, 2.45) is 4.99 Å². The third kappa shape index (κ3) is 1.58. The van der Waals surface area contributed by atoms with Gasteiger partial charge in [0.1, 0.15) is 11.3 Å². The Morgan fingerprint density at radius 1 is 1.17 bits per heavy atom. The number of carbonyl (C=O) groups excluding carboxylic acids is 1. The summed E-state index contributed by atoms with van der Waals surface area (Å²) >= 11 is 0. The van der Waals surface area contributed by atoms with Crippen LogP contribution in [0.2, 0.25) is 0 Å². The number of nitrogens with zero attached hydrogens (tertiary/aromatic N) is 1. The van der Waals surface area contributed by atoms with Gasteiger partial charge in [0.05, 0.1) is 0 Å². The summed E-state index contributed by atoms with van der Waals surface area (Å²) < 4.78 is 0. The van der Waals surface area contributed by atoms with Crippen LogP contribution in [0, 0.1) is 0 Å². The Kier molecular flexibility index (Phi) is 2.71. The fourth-order valence-corrected chi connectivity index (χ4v) is 3.22. The van der Waals surface area contributed by atoms with Crippen molar-refractivity contribution in [3.8, 4) is 5.75 Å². The van der Waals surface area contributed by atoms with Gasteiger partial charge < -0.3 is 5.11 Å². The Morgan fingerprint density at radius 3 is 2.61 bits per heavy atom. The van der Waals surface area contributed by atoms with Crippen molar-refractivity contribution in [3.05, 3.63) is 28.8 Å². The van der Waals surface area contributed by atoms with Crippen LogP contribution >= 0.6 is 0 Å². The fourth-order valence-electron chi connectivity index (χ4n) is 3.22. The lowest BCUT2D eigenvalue weighted by Crippen LogP contribution is -2.32. The summed E-state index contributed by atoms with van der Waals surface area (Å²) in [7, 11) is 0. The monoisotopic (exact) mass is 243 g/mol. The molecule has 0 saturated heterocycles. The number of hydrogen-bond donors (Lipinski definition) is 1. The molecule has 1 fully saturated rings. The van der Waals surface area contributed by atoms with Crippen LogP contribution in [0.15, 0.2) is 17.1 Å². The first-order valence-electron chi connectivity index (χ1n) is 6.70. The normalized spacial score (nSPS) is 20.4. The van der Waals surface area contributed by atoms with Gasteiger partial charge in [0, 0.05) is 5.56 Å². The van der Waals surface area contributed by atoms with Crippen molar-refractivity contribution in [1.82, 2.24) is 0 Å². The number of hydrogen-bond acceptors (Lipinski definition) is 3. The molecule has 0 amide bonds. The van der Waals surface area contributed by atoms with Crippen LogP contribution in [-0.2, 0) is 23.2 Å². The molecule has 18 heavy (non-hydrogen) atoms. The van der Waals surface area contributed by atoms with Crippen LogP contribution in [-0.4, -0.2) is 11.2 Å². The standard InChI is InChI=1S/C15H17NO2/c17-10-16-15(8-3-9-15)13-7-6-11-4-1-2-5-12(11)14(13)18/h6-7,18H,1-5,8-9H2. The Bertz CT molecular complexity index is 526. The van der Waals surface area contributed by atoms with E-state index in [0.717, 1.165) is 49.7 Å². The van der Waals surface area contributed by atoms with Gasteiger partial charge >= 0.3 is 0 Å². The number of benzene rings is 1. The third-order valence-electron chi connectivity index (χ3n) is 4.44. The largest absolute Gasteiger partial charge is 0.507 e. The molecule has 0 heterocycles. The molecule has 3 heteroatoms. The van der Waals surface area contributed by atoms with E-state index in [1.165, 1.54) is 12.0 Å². The first kappa shape index (κ1) is 11.5. The van der Waals surface area contributed by atoms with Crippen molar-refractivity contribution < 1.29 is 9.90 Å². The highest BCUT2D eigenvalue weighted by molar-refractivity contribution is 5.52. The average Bonchev–Trinajstić information content (AvgIpc) is 2.35. The Labute approximate surface area is 107 Å². The highest BCUT2D eigenvalue weighted by atomic mass is 16.3. The van der Waals surface area contributed by atoms with Gasteiger partial charge in [-0.05, 0) is 56.1 Å². The van der Waals surface area contributed by atoms with E-state index in [-0.39, 0.29) is 0 Å². The topological polar surface area (TPSA) is 49.7 Å². The summed E-state index contributed by atoms with van der Waals surface area (Å²) in [6, 6.07) is 4.06. The van der Waals surface area contributed by atoms with Crippen LogP contribution in [0.5, 0.6) is 5.75 Å². The summed E-state index contributed by atoms with van der Waals surface area (Å²) in [5.41, 5.74) is 2.68. The van der Waals surface area contributed by atoms with E-state index in [2.05, 4.69) is 11.1 Å². The molecule has 3 nitrogen and oxygen atoms in total. The molecule has 0 aliphatic heterocycles. The van der Waals surface area contributed by atoms with Crippen molar-refractivity contribution >= 4 is 6.08 Å². The fraction of sp³-hybridized carbons (Fsp3) is 0.533. The number of aryl methyl sites for hydroxylation is 1. The molecule has 2 aliphatic carbocycles. The lowest BCUT2D eigenvalue weighted by Gasteiger charge is -2.38. The molecule has 1 aromatic rings. The van der Waals surface area contributed by atoms with E-state index in [1.807, 2.05) is 6.07 Å². The van der Waals surface area contributed by atoms with E-state index >= 15 is 0 Å². The van der Waals surface area contributed by atoms with Crippen LogP contribution in [0.4, 0.5) is 0 Å².